The van der Waals surface area contributed by atoms with E-state index in [1.165, 1.54) is 17.3 Å². The number of rotatable bonds is 3. The van der Waals surface area contributed by atoms with Crippen LogP contribution in [-0.2, 0) is 4.79 Å². The van der Waals surface area contributed by atoms with E-state index < -0.39 is 6.04 Å². The second-order valence-electron chi connectivity index (χ2n) is 3.01. The molecule has 15 heavy (non-hydrogen) atoms. The van der Waals surface area contributed by atoms with Crippen LogP contribution in [0.3, 0.4) is 0 Å². The second kappa shape index (κ2) is 3.91. The highest BCUT2D eigenvalue weighted by molar-refractivity contribution is 5.92. The number of aromatic amines is 1. The maximum atomic E-state index is 11.7. The predicted octanol–water partition coefficient (Wildman–Crippen LogP) is 0.201. The van der Waals surface area contributed by atoms with E-state index in [4.69, 9.17) is 0 Å². The number of carbonyl (C=O) groups excluding carboxylic acids is 1. The maximum absolute atomic E-state index is 11.7. The van der Waals surface area contributed by atoms with Crippen LogP contribution in [0.5, 0.6) is 0 Å². The average molecular weight is 206 g/mol. The molecule has 0 aliphatic rings. The number of nitrogens with one attached hydrogen (secondary N) is 2. The van der Waals surface area contributed by atoms with Crippen LogP contribution in [0.2, 0.25) is 0 Å². The first-order valence-electron chi connectivity index (χ1n) is 4.41. The first-order chi connectivity index (χ1) is 7.27. The standard InChI is InChI=1S/C8H10N6O/c1-6(14-5-9-4-11-14)8(15)12-7-2-3-10-13-7/h2-6H,1H3,(H2,10,12,13,15). The quantitative estimate of drug-likeness (QED) is 0.750. The van der Waals surface area contributed by atoms with Gasteiger partial charge in [0.15, 0.2) is 0 Å². The van der Waals surface area contributed by atoms with Crippen molar-refractivity contribution in [3.63, 3.8) is 0 Å². The largest absolute Gasteiger partial charge is 0.309 e. The molecule has 2 N–H and O–H groups in total. The number of hydrogen-bond acceptors (Lipinski definition) is 4. The Labute approximate surface area is 85.5 Å². The second-order valence-corrected chi connectivity index (χ2v) is 3.01. The zero-order valence-electron chi connectivity index (χ0n) is 8.08. The third kappa shape index (κ3) is 2.01. The smallest absolute Gasteiger partial charge is 0.250 e. The zero-order valence-corrected chi connectivity index (χ0v) is 8.08. The highest BCUT2D eigenvalue weighted by atomic mass is 16.2. The molecule has 0 fully saturated rings. The molecule has 0 bridgehead atoms. The fraction of sp³-hybridized carbons (Fsp3) is 0.250. The molecule has 2 rings (SSSR count). The zero-order chi connectivity index (χ0) is 10.7. The van der Waals surface area contributed by atoms with Crippen molar-refractivity contribution in [3.8, 4) is 0 Å². The van der Waals surface area contributed by atoms with Crippen molar-refractivity contribution in [3.05, 3.63) is 24.9 Å². The lowest BCUT2D eigenvalue weighted by Gasteiger charge is -2.10. The van der Waals surface area contributed by atoms with Crippen LogP contribution >= 0.6 is 0 Å². The van der Waals surface area contributed by atoms with E-state index in [9.17, 15) is 4.79 Å². The summed E-state index contributed by atoms with van der Waals surface area (Å²) in [5.41, 5.74) is 0. The summed E-state index contributed by atoms with van der Waals surface area (Å²) in [6, 6.07) is 1.27. The summed E-state index contributed by atoms with van der Waals surface area (Å²) in [5, 5.41) is 12.9. The van der Waals surface area contributed by atoms with Gasteiger partial charge < -0.3 is 5.32 Å². The fourth-order valence-corrected chi connectivity index (χ4v) is 1.10. The molecular formula is C8H10N6O. The molecule has 1 atom stereocenters. The molecule has 7 nitrogen and oxygen atoms in total. The van der Waals surface area contributed by atoms with Crippen LogP contribution in [-0.4, -0.2) is 30.9 Å². The third-order valence-corrected chi connectivity index (χ3v) is 1.97. The van der Waals surface area contributed by atoms with Gasteiger partial charge in [0, 0.05) is 6.07 Å². The van der Waals surface area contributed by atoms with E-state index in [-0.39, 0.29) is 5.91 Å². The normalized spacial score (nSPS) is 12.3. The minimum Gasteiger partial charge on any atom is -0.309 e. The van der Waals surface area contributed by atoms with Crippen LogP contribution in [0.25, 0.3) is 0 Å². The molecule has 2 heterocycles. The van der Waals surface area contributed by atoms with Crippen molar-refractivity contribution in [2.75, 3.05) is 5.32 Å². The maximum Gasteiger partial charge on any atom is 0.250 e. The van der Waals surface area contributed by atoms with E-state index in [0.717, 1.165) is 0 Å². The van der Waals surface area contributed by atoms with Gasteiger partial charge in [-0.15, -0.1) is 0 Å². The summed E-state index contributed by atoms with van der Waals surface area (Å²) in [7, 11) is 0. The van der Waals surface area contributed by atoms with Crippen LogP contribution < -0.4 is 5.32 Å². The lowest BCUT2D eigenvalue weighted by atomic mass is 10.3. The van der Waals surface area contributed by atoms with Crippen molar-refractivity contribution in [2.45, 2.75) is 13.0 Å². The molecular weight excluding hydrogens is 196 g/mol. The van der Waals surface area contributed by atoms with Crippen LogP contribution in [0, 0.1) is 0 Å². The Balaban J connectivity index is 2.03. The molecule has 1 unspecified atom stereocenters. The van der Waals surface area contributed by atoms with Gasteiger partial charge >= 0.3 is 0 Å². The van der Waals surface area contributed by atoms with Gasteiger partial charge in [-0.05, 0) is 6.92 Å². The van der Waals surface area contributed by atoms with Gasteiger partial charge in [-0.1, -0.05) is 0 Å². The SMILES string of the molecule is CC(C(=O)Nc1ccn[nH]1)n1cncn1. The van der Waals surface area contributed by atoms with Gasteiger partial charge in [-0.3, -0.25) is 9.89 Å². The molecule has 0 aromatic carbocycles. The minimum atomic E-state index is -0.407. The monoisotopic (exact) mass is 206 g/mol. The molecule has 2 aromatic heterocycles. The Bertz CT molecular complexity index is 420. The highest BCUT2D eigenvalue weighted by Crippen LogP contribution is 2.06. The minimum absolute atomic E-state index is 0.176. The van der Waals surface area contributed by atoms with Gasteiger partial charge in [0.2, 0.25) is 5.91 Å². The van der Waals surface area contributed by atoms with E-state index in [2.05, 4.69) is 25.6 Å². The van der Waals surface area contributed by atoms with Crippen molar-refractivity contribution in [1.29, 1.82) is 0 Å². The Morgan fingerprint density at radius 1 is 1.67 bits per heavy atom. The first kappa shape index (κ1) is 9.38. The number of anilines is 1. The van der Waals surface area contributed by atoms with E-state index in [1.807, 2.05) is 0 Å². The molecule has 0 radical (unpaired) electrons. The number of carbonyl (C=O) groups is 1. The molecule has 0 saturated heterocycles. The number of H-pyrrole nitrogens is 1. The average Bonchev–Trinajstić information content (AvgIpc) is 2.88. The predicted molar refractivity (Wildman–Crippen MR) is 52.0 cm³/mol. The molecule has 0 aliphatic heterocycles. The number of hydrogen-bond donors (Lipinski definition) is 2. The van der Waals surface area contributed by atoms with Crippen molar-refractivity contribution in [2.24, 2.45) is 0 Å². The Hall–Kier alpha value is -2.18. The number of aromatic nitrogens is 5. The fourth-order valence-electron chi connectivity index (χ4n) is 1.10. The topological polar surface area (TPSA) is 88.5 Å². The molecule has 7 heteroatoms. The lowest BCUT2D eigenvalue weighted by Crippen LogP contribution is -2.24. The highest BCUT2D eigenvalue weighted by Gasteiger charge is 2.15. The Kier molecular flexibility index (Phi) is 2.44. The molecule has 1 amide bonds. The van der Waals surface area contributed by atoms with Gasteiger partial charge in [-0.25, -0.2) is 9.67 Å². The molecule has 0 aliphatic carbocycles. The molecule has 0 spiro atoms. The van der Waals surface area contributed by atoms with Gasteiger partial charge in [0.1, 0.15) is 24.5 Å². The Morgan fingerprint density at radius 2 is 2.53 bits per heavy atom. The van der Waals surface area contributed by atoms with Crippen molar-refractivity contribution < 1.29 is 4.79 Å². The van der Waals surface area contributed by atoms with Crippen molar-refractivity contribution >= 4 is 11.7 Å². The van der Waals surface area contributed by atoms with Crippen LogP contribution in [0.4, 0.5) is 5.82 Å². The van der Waals surface area contributed by atoms with E-state index in [0.29, 0.717) is 5.82 Å². The summed E-state index contributed by atoms with van der Waals surface area (Å²) >= 11 is 0. The molecule has 0 saturated carbocycles. The summed E-state index contributed by atoms with van der Waals surface area (Å²) in [6.45, 7) is 1.74. The number of amides is 1. The van der Waals surface area contributed by atoms with Crippen molar-refractivity contribution in [1.82, 2.24) is 25.0 Å². The molecule has 78 valence electrons. The van der Waals surface area contributed by atoms with Gasteiger partial charge in [-0.2, -0.15) is 10.2 Å². The van der Waals surface area contributed by atoms with Gasteiger partial charge in [0.25, 0.3) is 0 Å². The first-order valence-corrected chi connectivity index (χ1v) is 4.41. The Morgan fingerprint density at radius 3 is 3.13 bits per heavy atom. The molecule has 2 aromatic rings. The summed E-state index contributed by atoms with van der Waals surface area (Å²) < 4.78 is 1.48. The summed E-state index contributed by atoms with van der Waals surface area (Å²) in [4.78, 5) is 15.4. The summed E-state index contributed by atoms with van der Waals surface area (Å²) in [5.74, 6) is 0.386. The lowest BCUT2D eigenvalue weighted by molar-refractivity contribution is -0.119. The number of nitrogens with zero attached hydrogens (tertiary/aromatic N) is 4. The van der Waals surface area contributed by atoms with E-state index in [1.54, 1.807) is 19.2 Å². The third-order valence-electron chi connectivity index (χ3n) is 1.97. The summed E-state index contributed by atoms with van der Waals surface area (Å²) in [6.07, 6.45) is 4.45. The van der Waals surface area contributed by atoms with Gasteiger partial charge in [0.05, 0.1) is 6.20 Å². The van der Waals surface area contributed by atoms with Crippen LogP contribution in [0.15, 0.2) is 24.9 Å². The van der Waals surface area contributed by atoms with E-state index >= 15 is 0 Å². The van der Waals surface area contributed by atoms with Crippen LogP contribution in [0.1, 0.15) is 13.0 Å².